The highest BCUT2D eigenvalue weighted by Crippen LogP contribution is 2.16. The molecule has 0 radical (unpaired) electrons. The Hall–Kier alpha value is -2.92. The fourth-order valence-corrected chi connectivity index (χ4v) is 3.71. The van der Waals surface area contributed by atoms with E-state index < -0.39 is 0 Å². The van der Waals surface area contributed by atoms with E-state index in [1.54, 1.807) is 0 Å². The van der Waals surface area contributed by atoms with Crippen LogP contribution in [0.25, 0.3) is 17.1 Å². The molecule has 4 rings (SSSR count). The van der Waals surface area contributed by atoms with Crippen LogP contribution >= 0.6 is 0 Å². The van der Waals surface area contributed by atoms with Crippen molar-refractivity contribution >= 4 is 23.0 Å². The van der Waals surface area contributed by atoms with E-state index in [1.807, 2.05) is 46.7 Å². The first-order valence-electron chi connectivity index (χ1n) is 9.84. The number of aryl methyl sites for hydroxylation is 1. The molecule has 5 heteroatoms. The van der Waals surface area contributed by atoms with E-state index in [1.165, 1.54) is 5.56 Å². The summed E-state index contributed by atoms with van der Waals surface area (Å²) in [5.74, 6) is 1.06. The van der Waals surface area contributed by atoms with Crippen LogP contribution in [0.3, 0.4) is 0 Å². The molecule has 1 amide bonds. The molecule has 2 aromatic carbocycles. The number of carbonyl (C=O) groups is 1. The molecule has 1 aliphatic heterocycles. The lowest BCUT2D eigenvalue weighted by atomic mass is 10.2. The smallest absolute Gasteiger partial charge is 0.242 e. The van der Waals surface area contributed by atoms with Crippen LogP contribution in [-0.4, -0.2) is 58.0 Å². The van der Waals surface area contributed by atoms with E-state index in [4.69, 9.17) is 0 Å². The highest BCUT2D eigenvalue weighted by atomic mass is 16.2. The normalized spacial score (nSPS) is 15.5. The Bertz CT molecular complexity index is 969. The molecule has 144 valence electrons. The Balaban J connectivity index is 1.30. The number of amides is 1. The van der Waals surface area contributed by atoms with Gasteiger partial charge in [0.05, 0.1) is 11.0 Å². The van der Waals surface area contributed by atoms with Crippen molar-refractivity contribution in [1.82, 2.24) is 19.4 Å². The van der Waals surface area contributed by atoms with Gasteiger partial charge in [0.25, 0.3) is 0 Å². The molecule has 0 unspecified atom stereocenters. The topological polar surface area (TPSA) is 41.4 Å². The van der Waals surface area contributed by atoms with Crippen molar-refractivity contribution in [2.24, 2.45) is 0 Å². The second-order valence-corrected chi connectivity index (χ2v) is 7.23. The molecule has 0 N–H and O–H groups in total. The number of nitrogens with zero attached hydrogens (tertiary/aromatic N) is 4. The Labute approximate surface area is 165 Å². The molecule has 0 bridgehead atoms. The minimum Gasteiger partial charge on any atom is -0.339 e. The first kappa shape index (κ1) is 18.4. The summed E-state index contributed by atoms with van der Waals surface area (Å²) in [6.07, 6.45) is 4.36. The van der Waals surface area contributed by atoms with Crippen molar-refractivity contribution < 1.29 is 4.79 Å². The first-order chi connectivity index (χ1) is 13.7. The van der Waals surface area contributed by atoms with Gasteiger partial charge in [0.15, 0.2) is 0 Å². The van der Waals surface area contributed by atoms with Crippen LogP contribution in [0.4, 0.5) is 0 Å². The van der Waals surface area contributed by atoms with Gasteiger partial charge in [0.1, 0.15) is 12.4 Å². The Morgan fingerprint density at radius 3 is 2.50 bits per heavy atom. The van der Waals surface area contributed by atoms with Crippen LogP contribution < -0.4 is 0 Å². The summed E-state index contributed by atoms with van der Waals surface area (Å²) in [5.41, 5.74) is 3.19. The lowest BCUT2D eigenvalue weighted by Crippen LogP contribution is -2.49. The fourth-order valence-electron chi connectivity index (χ4n) is 3.71. The number of hydrogen-bond donors (Lipinski definition) is 0. The molecular weight excluding hydrogens is 348 g/mol. The third-order valence-electron chi connectivity index (χ3n) is 5.34. The summed E-state index contributed by atoms with van der Waals surface area (Å²) in [7, 11) is 0. The van der Waals surface area contributed by atoms with Crippen LogP contribution in [0.2, 0.25) is 0 Å². The second kappa shape index (κ2) is 8.40. The molecule has 1 aromatic heterocycles. The summed E-state index contributed by atoms with van der Waals surface area (Å²) < 4.78 is 2.02. The van der Waals surface area contributed by atoms with Gasteiger partial charge in [-0.1, -0.05) is 54.6 Å². The minimum absolute atomic E-state index is 0.172. The summed E-state index contributed by atoms with van der Waals surface area (Å²) in [5, 5.41) is 0. The molecule has 0 atom stereocenters. The molecule has 0 spiro atoms. The molecule has 3 aromatic rings. The van der Waals surface area contributed by atoms with Gasteiger partial charge >= 0.3 is 0 Å². The number of carbonyl (C=O) groups excluding carboxylic acids is 1. The Morgan fingerprint density at radius 2 is 1.71 bits per heavy atom. The van der Waals surface area contributed by atoms with Gasteiger partial charge in [-0.25, -0.2) is 4.98 Å². The lowest BCUT2D eigenvalue weighted by Gasteiger charge is -2.34. The van der Waals surface area contributed by atoms with Gasteiger partial charge in [0.2, 0.25) is 5.91 Å². The quantitative estimate of drug-likeness (QED) is 0.689. The Morgan fingerprint density at radius 1 is 1.00 bits per heavy atom. The van der Waals surface area contributed by atoms with E-state index in [9.17, 15) is 4.79 Å². The molecule has 5 nitrogen and oxygen atoms in total. The molecule has 1 saturated heterocycles. The van der Waals surface area contributed by atoms with E-state index in [0.717, 1.165) is 49.6 Å². The van der Waals surface area contributed by atoms with Gasteiger partial charge in [-0.3, -0.25) is 9.69 Å². The zero-order valence-electron chi connectivity index (χ0n) is 16.3. The molecule has 28 heavy (non-hydrogen) atoms. The number of imidazole rings is 1. The summed E-state index contributed by atoms with van der Waals surface area (Å²) in [6, 6.07) is 18.3. The van der Waals surface area contributed by atoms with Gasteiger partial charge in [-0.2, -0.15) is 0 Å². The van der Waals surface area contributed by atoms with E-state index in [2.05, 4.69) is 46.3 Å². The average Bonchev–Trinajstić information content (AvgIpc) is 3.04. The zero-order valence-corrected chi connectivity index (χ0v) is 16.3. The third kappa shape index (κ3) is 4.15. The predicted molar refractivity (Wildman–Crippen MR) is 113 cm³/mol. The number of aromatic nitrogens is 2. The zero-order chi connectivity index (χ0) is 19.3. The van der Waals surface area contributed by atoms with Crippen LogP contribution in [0.15, 0.2) is 60.7 Å². The van der Waals surface area contributed by atoms with Crippen LogP contribution in [0.1, 0.15) is 11.4 Å². The molecule has 1 aliphatic rings. The maximum atomic E-state index is 12.8. The number of rotatable bonds is 5. The molecular formula is C23H26N4O. The summed E-state index contributed by atoms with van der Waals surface area (Å²) >= 11 is 0. The molecule has 1 fully saturated rings. The molecule has 2 heterocycles. The highest BCUT2D eigenvalue weighted by Gasteiger charge is 2.21. The van der Waals surface area contributed by atoms with Gasteiger partial charge < -0.3 is 9.47 Å². The van der Waals surface area contributed by atoms with Gasteiger partial charge in [0, 0.05) is 32.7 Å². The Kier molecular flexibility index (Phi) is 5.53. The van der Waals surface area contributed by atoms with Crippen molar-refractivity contribution in [2.45, 2.75) is 13.5 Å². The molecule has 0 aliphatic carbocycles. The first-order valence-corrected chi connectivity index (χ1v) is 9.84. The second-order valence-electron chi connectivity index (χ2n) is 7.23. The SMILES string of the molecule is Cc1nc2ccccc2n1CC(=O)N1CCN(C/C=C/c2ccccc2)CC1. The maximum Gasteiger partial charge on any atom is 0.242 e. The summed E-state index contributed by atoms with van der Waals surface area (Å²) in [4.78, 5) is 21.7. The van der Waals surface area contributed by atoms with E-state index >= 15 is 0 Å². The third-order valence-corrected chi connectivity index (χ3v) is 5.34. The fraction of sp³-hybridized carbons (Fsp3) is 0.304. The van der Waals surface area contributed by atoms with Crippen molar-refractivity contribution in [3.63, 3.8) is 0 Å². The van der Waals surface area contributed by atoms with Crippen LogP contribution in [0, 0.1) is 6.92 Å². The van der Waals surface area contributed by atoms with Gasteiger partial charge in [-0.15, -0.1) is 0 Å². The predicted octanol–water partition coefficient (Wildman–Crippen LogP) is 3.20. The standard InChI is InChI=1S/C23H26N4O/c1-19-24-21-11-5-6-12-22(21)27(19)18-23(28)26-16-14-25(15-17-26)13-7-10-20-8-3-2-4-9-20/h2-12H,13-18H2,1H3/b10-7+. The van der Waals surface area contributed by atoms with E-state index in [-0.39, 0.29) is 5.91 Å². The lowest BCUT2D eigenvalue weighted by molar-refractivity contribution is -0.133. The van der Waals surface area contributed by atoms with Crippen LogP contribution in [0.5, 0.6) is 0 Å². The van der Waals surface area contributed by atoms with Crippen molar-refractivity contribution in [1.29, 1.82) is 0 Å². The number of para-hydroxylation sites is 2. The monoisotopic (exact) mass is 374 g/mol. The van der Waals surface area contributed by atoms with E-state index in [0.29, 0.717) is 6.54 Å². The van der Waals surface area contributed by atoms with Crippen molar-refractivity contribution in [3.8, 4) is 0 Å². The largest absolute Gasteiger partial charge is 0.339 e. The highest BCUT2D eigenvalue weighted by molar-refractivity contribution is 5.81. The van der Waals surface area contributed by atoms with Crippen molar-refractivity contribution in [2.75, 3.05) is 32.7 Å². The number of fused-ring (bicyclic) bond motifs is 1. The number of piperazine rings is 1. The maximum absolute atomic E-state index is 12.8. The summed E-state index contributed by atoms with van der Waals surface area (Å²) in [6.45, 7) is 6.63. The number of hydrogen-bond acceptors (Lipinski definition) is 3. The minimum atomic E-state index is 0.172. The number of benzene rings is 2. The molecule has 0 saturated carbocycles. The van der Waals surface area contributed by atoms with Gasteiger partial charge in [-0.05, 0) is 24.6 Å². The van der Waals surface area contributed by atoms with Crippen LogP contribution in [-0.2, 0) is 11.3 Å². The average molecular weight is 374 g/mol. The van der Waals surface area contributed by atoms with Crippen molar-refractivity contribution in [3.05, 3.63) is 72.1 Å².